The molecule has 23 heavy (non-hydrogen) atoms. The van der Waals surface area contributed by atoms with Crippen LogP contribution in [0.2, 0.25) is 0 Å². The van der Waals surface area contributed by atoms with Crippen LogP contribution in [-0.2, 0) is 9.59 Å². The number of nitrogens with zero attached hydrogens (tertiary/aromatic N) is 1. The summed E-state index contributed by atoms with van der Waals surface area (Å²) in [5.74, 6) is -0.843. The molecule has 2 N–H and O–H groups in total. The summed E-state index contributed by atoms with van der Waals surface area (Å²) in [6.07, 6.45) is 2.72. The Kier molecular flexibility index (Phi) is 5.14. The maximum Gasteiger partial charge on any atom is 0.257 e. The molecule has 0 atom stereocenters. The fourth-order valence-electron chi connectivity index (χ4n) is 1.97. The second-order valence-electron chi connectivity index (χ2n) is 4.98. The van der Waals surface area contributed by atoms with Crippen LogP contribution in [0.5, 0.6) is 0 Å². The highest BCUT2D eigenvalue weighted by Crippen LogP contribution is 2.15. The monoisotopic (exact) mass is 315 g/mol. The number of amides is 3. The first-order valence-electron chi connectivity index (χ1n) is 6.91. The lowest BCUT2D eigenvalue weighted by Crippen LogP contribution is -2.34. The summed E-state index contributed by atoms with van der Waals surface area (Å²) < 4.78 is 4.85. The van der Waals surface area contributed by atoms with Crippen LogP contribution in [0.1, 0.15) is 17.3 Å². The van der Waals surface area contributed by atoms with E-state index in [1.807, 2.05) is 0 Å². The number of carbonyl (C=O) groups is 3. The highest BCUT2D eigenvalue weighted by atomic mass is 16.3. The first-order chi connectivity index (χ1) is 11.0. The van der Waals surface area contributed by atoms with E-state index >= 15 is 0 Å². The number of carbonyl (C=O) groups excluding carboxylic acids is 3. The zero-order valence-electron chi connectivity index (χ0n) is 12.8. The molecule has 0 aliphatic carbocycles. The first-order valence-corrected chi connectivity index (χ1v) is 6.91. The summed E-state index contributed by atoms with van der Waals surface area (Å²) in [5, 5.41) is 5.31. The molecular formula is C16H17N3O4. The minimum Gasteiger partial charge on any atom is -0.472 e. The molecule has 0 unspecified atom stereocenters. The minimum absolute atomic E-state index is 0.103. The molecule has 120 valence electrons. The molecule has 1 aromatic heterocycles. The summed E-state index contributed by atoms with van der Waals surface area (Å²) in [4.78, 5) is 36.3. The van der Waals surface area contributed by atoms with Crippen molar-refractivity contribution >= 4 is 29.1 Å². The van der Waals surface area contributed by atoms with Gasteiger partial charge in [0.1, 0.15) is 6.26 Å². The van der Waals surface area contributed by atoms with Crippen LogP contribution in [0.4, 0.5) is 11.4 Å². The number of furan rings is 1. The van der Waals surface area contributed by atoms with Gasteiger partial charge in [-0.3, -0.25) is 14.4 Å². The highest BCUT2D eigenvalue weighted by Gasteiger charge is 2.16. The van der Waals surface area contributed by atoms with Crippen molar-refractivity contribution in [2.75, 3.05) is 24.2 Å². The predicted octanol–water partition coefficient (Wildman–Crippen LogP) is 1.95. The van der Waals surface area contributed by atoms with Crippen molar-refractivity contribution in [3.63, 3.8) is 0 Å². The average Bonchev–Trinajstić information content (AvgIpc) is 2.99. The van der Waals surface area contributed by atoms with Gasteiger partial charge in [0.25, 0.3) is 5.91 Å². The lowest BCUT2D eigenvalue weighted by Gasteiger charge is -2.16. The number of benzene rings is 1. The SMILES string of the molecule is CC(=O)Nc1cccc(NC(=O)CN(C)C(=O)c2ccoc2)c1. The summed E-state index contributed by atoms with van der Waals surface area (Å²) in [6.45, 7) is 1.30. The number of anilines is 2. The quantitative estimate of drug-likeness (QED) is 0.882. The van der Waals surface area contributed by atoms with Crippen LogP contribution < -0.4 is 10.6 Å². The maximum atomic E-state index is 12.0. The molecule has 0 radical (unpaired) electrons. The fourth-order valence-corrected chi connectivity index (χ4v) is 1.97. The zero-order valence-corrected chi connectivity index (χ0v) is 12.8. The van der Waals surface area contributed by atoms with Crippen molar-refractivity contribution < 1.29 is 18.8 Å². The van der Waals surface area contributed by atoms with E-state index in [9.17, 15) is 14.4 Å². The van der Waals surface area contributed by atoms with Crippen LogP contribution in [-0.4, -0.2) is 36.2 Å². The average molecular weight is 315 g/mol. The maximum absolute atomic E-state index is 12.0. The topological polar surface area (TPSA) is 91.7 Å². The molecule has 0 bridgehead atoms. The number of hydrogen-bond acceptors (Lipinski definition) is 4. The van der Waals surface area contributed by atoms with Crippen LogP contribution in [0, 0.1) is 0 Å². The van der Waals surface area contributed by atoms with Gasteiger partial charge in [-0.25, -0.2) is 0 Å². The third kappa shape index (κ3) is 4.70. The number of hydrogen-bond donors (Lipinski definition) is 2. The van der Waals surface area contributed by atoms with Crippen LogP contribution in [0.15, 0.2) is 47.3 Å². The van der Waals surface area contributed by atoms with E-state index in [0.29, 0.717) is 16.9 Å². The third-order valence-electron chi connectivity index (χ3n) is 2.96. The second kappa shape index (κ2) is 7.26. The summed E-state index contributed by atoms with van der Waals surface area (Å²) in [7, 11) is 1.53. The Hall–Kier alpha value is -3.09. The van der Waals surface area contributed by atoms with Gasteiger partial charge in [-0.15, -0.1) is 0 Å². The fraction of sp³-hybridized carbons (Fsp3) is 0.188. The van der Waals surface area contributed by atoms with Gasteiger partial charge in [-0.1, -0.05) is 6.07 Å². The predicted molar refractivity (Wildman–Crippen MR) is 85.0 cm³/mol. The molecule has 1 aromatic carbocycles. The molecule has 0 aliphatic heterocycles. The van der Waals surface area contributed by atoms with Crippen molar-refractivity contribution in [2.45, 2.75) is 6.92 Å². The molecule has 0 aliphatic rings. The van der Waals surface area contributed by atoms with Crippen molar-refractivity contribution in [1.82, 2.24) is 4.90 Å². The third-order valence-corrected chi connectivity index (χ3v) is 2.96. The molecule has 0 spiro atoms. The van der Waals surface area contributed by atoms with Gasteiger partial charge in [-0.05, 0) is 24.3 Å². The number of rotatable bonds is 5. The molecule has 2 aromatic rings. The van der Waals surface area contributed by atoms with Gasteiger partial charge in [-0.2, -0.15) is 0 Å². The van der Waals surface area contributed by atoms with E-state index in [0.717, 1.165) is 0 Å². The molecule has 0 saturated carbocycles. The number of likely N-dealkylation sites (N-methyl/N-ethyl adjacent to an activating group) is 1. The molecule has 0 saturated heterocycles. The zero-order chi connectivity index (χ0) is 16.8. The molecule has 3 amide bonds. The summed E-state index contributed by atoms with van der Waals surface area (Å²) in [6, 6.07) is 8.29. The van der Waals surface area contributed by atoms with Gasteiger partial charge in [0.15, 0.2) is 0 Å². The van der Waals surface area contributed by atoms with Gasteiger partial charge < -0.3 is 20.0 Å². The van der Waals surface area contributed by atoms with Gasteiger partial charge >= 0.3 is 0 Å². The van der Waals surface area contributed by atoms with Gasteiger partial charge in [0.2, 0.25) is 11.8 Å². The van der Waals surface area contributed by atoms with Crippen molar-refractivity contribution in [1.29, 1.82) is 0 Å². The second-order valence-corrected chi connectivity index (χ2v) is 4.98. The lowest BCUT2D eigenvalue weighted by atomic mass is 10.2. The van der Waals surface area contributed by atoms with Crippen molar-refractivity contribution in [3.8, 4) is 0 Å². The van der Waals surface area contributed by atoms with E-state index in [-0.39, 0.29) is 24.3 Å². The van der Waals surface area contributed by atoms with Crippen LogP contribution >= 0.6 is 0 Å². The highest BCUT2D eigenvalue weighted by molar-refractivity contribution is 5.99. The Balaban J connectivity index is 1.94. The molecule has 0 fully saturated rings. The normalized spacial score (nSPS) is 10.0. The Morgan fingerprint density at radius 2 is 1.83 bits per heavy atom. The smallest absolute Gasteiger partial charge is 0.257 e. The van der Waals surface area contributed by atoms with Gasteiger partial charge in [0, 0.05) is 25.3 Å². The van der Waals surface area contributed by atoms with E-state index in [1.54, 1.807) is 24.3 Å². The van der Waals surface area contributed by atoms with E-state index in [2.05, 4.69) is 10.6 Å². The van der Waals surface area contributed by atoms with Crippen molar-refractivity contribution in [3.05, 3.63) is 48.4 Å². The Morgan fingerprint density at radius 3 is 2.43 bits per heavy atom. The molecule has 2 rings (SSSR count). The molecule has 1 heterocycles. The van der Waals surface area contributed by atoms with Crippen LogP contribution in [0.25, 0.3) is 0 Å². The van der Waals surface area contributed by atoms with E-state index in [1.165, 1.54) is 37.5 Å². The molecular weight excluding hydrogens is 298 g/mol. The first kappa shape index (κ1) is 16.3. The molecule has 7 heteroatoms. The minimum atomic E-state index is -0.343. The van der Waals surface area contributed by atoms with Crippen molar-refractivity contribution in [2.24, 2.45) is 0 Å². The van der Waals surface area contributed by atoms with E-state index < -0.39 is 0 Å². The van der Waals surface area contributed by atoms with Crippen LogP contribution in [0.3, 0.4) is 0 Å². The lowest BCUT2D eigenvalue weighted by molar-refractivity contribution is -0.116. The summed E-state index contributed by atoms with van der Waals surface area (Å²) in [5.41, 5.74) is 1.50. The number of nitrogens with one attached hydrogen (secondary N) is 2. The Bertz CT molecular complexity index is 710. The molecule has 7 nitrogen and oxygen atoms in total. The Labute approximate surface area is 133 Å². The largest absolute Gasteiger partial charge is 0.472 e. The Morgan fingerprint density at radius 1 is 1.13 bits per heavy atom. The summed E-state index contributed by atoms with van der Waals surface area (Å²) >= 11 is 0. The standard InChI is InChI=1S/C16H17N3O4/c1-11(20)17-13-4-3-5-14(8-13)18-15(21)9-19(2)16(22)12-6-7-23-10-12/h3-8,10H,9H2,1-2H3,(H,17,20)(H,18,21). The van der Waals surface area contributed by atoms with Gasteiger partial charge in [0.05, 0.1) is 18.4 Å². The van der Waals surface area contributed by atoms with E-state index in [4.69, 9.17) is 4.42 Å².